The molecule has 0 N–H and O–H groups in total. The fourth-order valence-electron chi connectivity index (χ4n) is 7.07. The highest BCUT2D eigenvalue weighted by Crippen LogP contribution is 2.17. The molecule has 6 nitrogen and oxygen atoms in total. The number of ether oxygens (including phenoxy) is 3. The summed E-state index contributed by atoms with van der Waals surface area (Å²) in [6.07, 6.45) is 40.0. The Bertz CT molecular complexity index is 826. The van der Waals surface area contributed by atoms with Gasteiger partial charge in [-0.1, -0.05) is 221 Å². The Kier molecular flexibility index (Phi) is 39.8. The maximum Gasteiger partial charge on any atom is 0.306 e. The van der Waals surface area contributed by atoms with E-state index in [4.69, 9.17) is 14.2 Å². The molecule has 1 unspecified atom stereocenters. The lowest BCUT2D eigenvalue weighted by Gasteiger charge is -2.18. The standard InChI is InChI=1S/C48H92O6/c1-6-8-9-26-33-38-46(49)52-41-45(54-48(51)40-35-30-25-24-27-31-36-43(3)4)42-53-47(50)39-34-29-23-21-19-17-15-13-11-10-12-14-16-18-20-22-28-32-37-44(5)7-2/h43-45H,6-42H2,1-5H3/t44?,45-/m1/s1. The zero-order valence-corrected chi connectivity index (χ0v) is 36.8. The molecule has 2 atom stereocenters. The summed E-state index contributed by atoms with van der Waals surface area (Å²) in [7, 11) is 0. The molecule has 6 heteroatoms. The fraction of sp³-hybridized carbons (Fsp3) is 0.938. The van der Waals surface area contributed by atoms with Gasteiger partial charge in [-0.25, -0.2) is 0 Å². The zero-order valence-electron chi connectivity index (χ0n) is 36.8. The first-order chi connectivity index (χ1) is 26.3. The average molecular weight is 765 g/mol. The van der Waals surface area contributed by atoms with Crippen molar-refractivity contribution in [3.63, 3.8) is 0 Å². The highest BCUT2D eigenvalue weighted by Gasteiger charge is 2.19. The largest absolute Gasteiger partial charge is 0.462 e. The van der Waals surface area contributed by atoms with E-state index in [9.17, 15) is 14.4 Å². The molecule has 0 aromatic rings. The number of hydrogen-bond donors (Lipinski definition) is 0. The minimum atomic E-state index is -0.759. The van der Waals surface area contributed by atoms with Crippen LogP contribution in [0.25, 0.3) is 0 Å². The quantitative estimate of drug-likeness (QED) is 0.0350. The van der Waals surface area contributed by atoms with Crippen LogP contribution in [-0.4, -0.2) is 37.2 Å². The molecule has 320 valence electrons. The van der Waals surface area contributed by atoms with Crippen LogP contribution in [0, 0.1) is 11.8 Å². The minimum Gasteiger partial charge on any atom is -0.462 e. The number of hydrogen-bond acceptors (Lipinski definition) is 6. The topological polar surface area (TPSA) is 78.9 Å². The van der Waals surface area contributed by atoms with Crippen LogP contribution in [0.1, 0.15) is 259 Å². The van der Waals surface area contributed by atoms with E-state index in [1.807, 2.05) is 0 Å². The SMILES string of the molecule is CCCCCCCC(=O)OC[C@H](COC(=O)CCCCCCCCCCCCCCCCCCCCC(C)CC)OC(=O)CCCCCCCCC(C)C. The monoisotopic (exact) mass is 765 g/mol. The van der Waals surface area contributed by atoms with Crippen LogP contribution in [0.2, 0.25) is 0 Å². The van der Waals surface area contributed by atoms with E-state index in [-0.39, 0.29) is 31.1 Å². The van der Waals surface area contributed by atoms with Crippen LogP contribution in [-0.2, 0) is 28.6 Å². The van der Waals surface area contributed by atoms with E-state index in [1.165, 1.54) is 141 Å². The zero-order chi connectivity index (χ0) is 39.7. The summed E-state index contributed by atoms with van der Waals surface area (Å²) in [5.41, 5.74) is 0. The number of carbonyl (C=O) groups is 3. The van der Waals surface area contributed by atoms with Gasteiger partial charge in [-0.3, -0.25) is 14.4 Å². The van der Waals surface area contributed by atoms with Crippen LogP contribution >= 0.6 is 0 Å². The van der Waals surface area contributed by atoms with Gasteiger partial charge in [0.1, 0.15) is 13.2 Å². The highest BCUT2D eigenvalue weighted by atomic mass is 16.6. The Morgan fingerprint density at radius 3 is 1.06 bits per heavy atom. The Balaban J connectivity index is 4.01. The first kappa shape index (κ1) is 52.4. The second kappa shape index (κ2) is 41.1. The van der Waals surface area contributed by atoms with Gasteiger partial charge < -0.3 is 14.2 Å². The molecule has 0 aromatic carbocycles. The van der Waals surface area contributed by atoms with E-state index in [0.717, 1.165) is 76.0 Å². The molecule has 0 bridgehead atoms. The average Bonchev–Trinajstić information content (AvgIpc) is 3.15. The van der Waals surface area contributed by atoms with Crippen molar-refractivity contribution in [3.8, 4) is 0 Å². The lowest BCUT2D eigenvalue weighted by atomic mass is 9.99. The number of esters is 3. The smallest absolute Gasteiger partial charge is 0.306 e. The van der Waals surface area contributed by atoms with Crippen molar-refractivity contribution in [1.82, 2.24) is 0 Å². The Morgan fingerprint density at radius 1 is 0.389 bits per heavy atom. The van der Waals surface area contributed by atoms with Crippen LogP contribution < -0.4 is 0 Å². The molecule has 0 amide bonds. The first-order valence-electron chi connectivity index (χ1n) is 23.8. The molecule has 0 aliphatic rings. The predicted molar refractivity (Wildman–Crippen MR) is 229 cm³/mol. The Morgan fingerprint density at radius 2 is 0.704 bits per heavy atom. The molecular weight excluding hydrogens is 673 g/mol. The van der Waals surface area contributed by atoms with Crippen molar-refractivity contribution < 1.29 is 28.6 Å². The first-order valence-corrected chi connectivity index (χ1v) is 23.8. The van der Waals surface area contributed by atoms with Gasteiger partial charge in [-0.05, 0) is 31.1 Å². The van der Waals surface area contributed by atoms with Gasteiger partial charge in [0.15, 0.2) is 6.10 Å². The molecule has 0 saturated heterocycles. The molecule has 0 rings (SSSR count). The van der Waals surface area contributed by atoms with Crippen molar-refractivity contribution in [2.75, 3.05) is 13.2 Å². The minimum absolute atomic E-state index is 0.0665. The van der Waals surface area contributed by atoms with Crippen LogP contribution in [0.5, 0.6) is 0 Å². The van der Waals surface area contributed by atoms with Gasteiger partial charge in [-0.2, -0.15) is 0 Å². The summed E-state index contributed by atoms with van der Waals surface area (Å²) in [5.74, 6) is 0.794. The van der Waals surface area contributed by atoms with E-state index in [2.05, 4.69) is 34.6 Å². The van der Waals surface area contributed by atoms with Crippen LogP contribution in [0.15, 0.2) is 0 Å². The maximum absolute atomic E-state index is 12.6. The molecule has 0 aliphatic carbocycles. The van der Waals surface area contributed by atoms with Gasteiger partial charge in [-0.15, -0.1) is 0 Å². The molecule has 0 aliphatic heterocycles. The summed E-state index contributed by atoms with van der Waals surface area (Å²) in [4.78, 5) is 37.4. The molecule has 0 heterocycles. The lowest BCUT2D eigenvalue weighted by Crippen LogP contribution is -2.30. The second-order valence-corrected chi connectivity index (χ2v) is 17.1. The molecule has 0 spiro atoms. The molecule has 0 radical (unpaired) electrons. The summed E-state index contributed by atoms with van der Waals surface area (Å²) in [5, 5.41) is 0. The maximum atomic E-state index is 12.6. The van der Waals surface area contributed by atoms with Gasteiger partial charge in [0.2, 0.25) is 0 Å². The summed E-state index contributed by atoms with van der Waals surface area (Å²) in [6, 6.07) is 0. The van der Waals surface area contributed by atoms with Gasteiger partial charge in [0, 0.05) is 19.3 Å². The normalized spacial score (nSPS) is 12.6. The third kappa shape index (κ3) is 40.1. The Hall–Kier alpha value is -1.59. The third-order valence-electron chi connectivity index (χ3n) is 11.1. The van der Waals surface area contributed by atoms with Crippen molar-refractivity contribution >= 4 is 17.9 Å². The third-order valence-corrected chi connectivity index (χ3v) is 11.1. The molecule has 0 fully saturated rings. The van der Waals surface area contributed by atoms with E-state index in [1.54, 1.807) is 0 Å². The van der Waals surface area contributed by atoms with Gasteiger partial charge in [0.05, 0.1) is 0 Å². The van der Waals surface area contributed by atoms with E-state index in [0.29, 0.717) is 19.3 Å². The van der Waals surface area contributed by atoms with Crippen molar-refractivity contribution in [1.29, 1.82) is 0 Å². The number of unbranched alkanes of at least 4 members (excludes halogenated alkanes) is 26. The van der Waals surface area contributed by atoms with Crippen molar-refractivity contribution in [3.05, 3.63) is 0 Å². The van der Waals surface area contributed by atoms with Crippen molar-refractivity contribution in [2.45, 2.75) is 265 Å². The van der Waals surface area contributed by atoms with Gasteiger partial charge >= 0.3 is 17.9 Å². The highest BCUT2D eigenvalue weighted by molar-refractivity contribution is 5.71. The van der Waals surface area contributed by atoms with Crippen LogP contribution in [0.4, 0.5) is 0 Å². The van der Waals surface area contributed by atoms with Crippen molar-refractivity contribution in [2.24, 2.45) is 11.8 Å². The second-order valence-electron chi connectivity index (χ2n) is 17.1. The lowest BCUT2D eigenvalue weighted by molar-refractivity contribution is -0.167. The van der Waals surface area contributed by atoms with Gasteiger partial charge in [0.25, 0.3) is 0 Å². The van der Waals surface area contributed by atoms with Crippen LogP contribution in [0.3, 0.4) is 0 Å². The summed E-state index contributed by atoms with van der Waals surface area (Å²) in [6.45, 7) is 11.2. The molecule has 54 heavy (non-hydrogen) atoms. The molecular formula is C48H92O6. The summed E-state index contributed by atoms with van der Waals surface area (Å²) >= 11 is 0. The van der Waals surface area contributed by atoms with E-state index >= 15 is 0 Å². The number of rotatable bonds is 42. The van der Waals surface area contributed by atoms with E-state index < -0.39 is 6.10 Å². The number of carbonyl (C=O) groups excluding carboxylic acids is 3. The summed E-state index contributed by atoms with van der Waals surface area (Å²) < 4.78 is 16.6. The Labute approximate surface area is 336 Å². The molecule has 0 aromatic heterocycles. The predicted octanol–water partition coefficient (Wildman–Crippen LogP) is 15.0. The fourth-order valence-corrected chi connectivity index (χ4v) is 7.07. The molecule has 0 saturated carbocycles.